The molecule has 0 radical (unpaired) electrons. The molecule has 1 aromatic heterocycles. The molecule has 8 nitrogen and oxygen atoms in total. The van der Waals surface area contributed by atoms with E-state index in [0.717, 1.165) is 45.3 Å². The molecule has 1 atom stereocenters. The van der Waals surface area contributed by atoms with E-state index in [1.165, 1.54) is 0 Å². The molecule has 2 aliphatic rings. The summed E-state index contributed by atoms with van der Waals surface area (Å²) in [5, 5.41) is 14.1. The van der Waals surface area contributed by atoms with Gasteiger partial charge >= 0.3 is 0 Å². The van der Waals surface area contributed by atoms with Crippen LogP contribution in [0.25, 0.3) is 0 Å². The van der Waals surface area contributed by atoms with E-state index in [4.69, 9.17) is 5.73 Å². The van der Waals surface area contributed by atoms with Crippen molar-refractivity contribution in [2.24, 2.45) is 11.7 Å². The summed E-state index contributed by atoms with van der Waals surface area (Å²) in [6, 6.07) is 0. The highest BCUT2D eigenvalue weighted by Gasteiger charge is 2.41. The Balaban J connectivity index is 1.62. The van der Waals surface area contributed by atoms with Gasteiger partial charge in [0.15, 0.2) is 5.69 Å². The number of nitrogens with one attached hydrogen (secondary N) is 2. The lowest BCUT2D eigenvalue weighted by Gasteiger charge is -2.25. The Morgan fingerprint density at radius 3 is 2.83 bits per heavy atom. The van der Waals surface area contributed by atoms with Crippen LogP contribution in [0.4, 0.5) is 0 Å². The fraction of sp³-hybridized carbons (Fsp3) is 0.733. The quantitative estimate of drug-likeness (QED) is 0.695. The summed E-state index contributed by atoms with van der Waals surface area (Å²) in [6.07, 6.45) is 6.93. The first-order chi connectivity index (χ1) is 11.1. The van der Waals surface area contributed by atoms with E-state index in [9.17, 15) is 9.59 Å². The molecule has 126 valence electrons. The molecule has 0 unspecified atom stereocenters. The summed E-state index contributed by atoms with van der Waals surface area (Å²) < 4.78 is 1.71. The maximum atomic E-state index is 12.4. The molecule has 23 heavy (non-hydrogen) atoms. The van der Waals surface area contributed by atoms with Crippen molar-refractivity contribution in [1.29, 1.82) is 0 Å². The maximum Gasteiger partial charge on any atom is 0.274 e. The minimum Gasteiger partial charge on any atom is -0.368 e. The minimum atomic E-state index is -0.922. The molecule has 2 heterocycles. The number of hydrogen-bond acceptors (Lipinski definition) is 5. The highest BCUT2D eigenvalue weighted by molar-refractivity contribution is 5.97. The first-order valence-corrected chi connectivity index (χ1v) is 8.32. The number of nitrogens with zero attached hydrogens (tertiary/aromatic N) is 3. The van der Waals surface area contributed by atoms with E-state index in [2.05, 4.69) is 20.9 Å². The Hall–Kier alpha value is -1.96. The standard InChI is InChI=1S/C15H24N6O2/c16-14(23)15(5-1-2-6-15)18-13(22)12-10-21(20-19-12)9-11-4-3-7-17-8-11/h10-11,17H,1-9H2,(H2,16,23)(H,18,22)/t11-/m0/s1. The van der Waals surface area contributed by atoms with Crippen LogP contribution in [0.15, 0.2) is 6.20 Å². The number of amides is 2. The van der Waals surface area contributed by atoms with E-state index in [1.807, 2.05) is 0 Å². The normalized spacial score (nSPS) is 23.6. The molecule has 3 rings (SSSR count). The van der Waals surface area contributed by atoms with Crippen molar-refractivity contribution in [2.45, 2.75) is 50.6 Å². The summed E-state index contributed by atoms with van der Waals surface area (Å²) in [4.78, 5) is 24.1. The molecule has 2 fully saturated rings. The molecule has 1 aromatic rings. The van der Waals surface area contributed by atoms with Gasteiger partial charge in [0, 0.05) is 6.54 Å². The van der Waals surface area contributed by atoms with Crippen LogP contribution in [-0.4, -0.2) is 45.4 Å². The summed E-state index contributed by atoms with van der Waals surface area (Å²) >= 11 is 0. The summed E-state index contributed by atoms with van der Waals surface area (Å²) in [5.41, 5.74) is 4.80. The van der Waals surface area contributed by atoms with E-state index in [1.54, 1.807) is 10.9 Å². The number of primary amides is 1. The average Bonchev–Trinajstić information content (AvgIpc) is 3.18. The number of carbonyl (C=O) groups excluding carboxylic acids is 2. The van der Waals surface area contributed by atoms with Gasteiger partial charge in [-0.15, -0.1) is 5.10 Å². The Labute approximate surface area is 135 Å². The van der Waals surface area contributed by atoms with Crippen molar-refractivity contribution in [3.05, 3.63) is 11.9 Å². The molecule has 1 saturated heterocycles. The van der Waals surface area contributed by atoms with E-state index < -0.39 is 11.4 Å². The van der Waals surface area contributed by atoms with E-state index in [0.29, 0.717) is 18.8 Å². The summed E-state index contributed by atoms with van der Waals surface area (Å²) in [6.45, 7) is 2.77. The van der Waals surface area contributed by atoms with Gasteiger partial charge in [0.2, 0.25) is 5.91 Å². The largest absolute Gasteiger partial charge is 0.368 e. The SMILES string of the molecule is NC(=O)C1(NC(=O)c2cn(C[C@H]3CCCNC3)nn2)CCCC1. The fourth-order valence-electron chi connectivity index (χ4n) is 3.53. The van der Waals surface area contributed by atoms with Gasteiger partial charge < -0.3 is 16.4 Å². The first-order valence-electron chi connectivity index (χ1n) is 8.32. The Morgan fingerprint density at radius 1 is 1.39 bits per heavy atom. The predicted molar refractivity (Wildman–Crippen MR) is 83.5 cm³/mol. The summed E-state index contributed by atoms with van der Waals surface area (Å²) in [5.74, 6) is -0.337. The lowest BCUT2D eigenvalue weighted by Crippen LogP contribution is -2.55. The van der Waals surface area contributed by atoms with Crippen molar-refractivity contribution in [3.8, 4) is 0 Å². The molecule has 0 aromatic carbocycles. The van der Waals surface area contributed by atoms with Gasteiger partial charge in [-0.25, -0.2) is 0 Å². The van der Waals surface area contributed by atoms with Crippen LogP contribution in [0.2, 0.25) is 0 Å². The molecule has 0 spiro atoms. The minimum absolute atomic E-state index is 0.237. The number of carbonyl (C=O) groups is 2. The van der Waals surface area contributed by atoms with Crippen molar-refractivity contribution in [3.63, 3.8) is 0 Å². The van der Waals surface area contributed by atoms with Crippen LogP contribution in [0.1, 0.15) is 49.0 Å². The molecular formula is C15H24N6O2. The zero-order valence-electron chi connectivity index (χ0n) is 13.3. The highest BCUT2D eigenvalue weighted by Crippen LogP contribution is 2.29. The third-order valence-electron chi connectivity index (χ3n) is 4.90. The van der Waals surface area contributed by atoms with Gasteiger partial charge in [0.05, 0.1) is 6.20 Å². The van der Waals surface area contributed by atoms with Crippen LogP contribution in [0.3, 0.4) is 0 Å². The Kier molecular flexibility index (Phi) is 4.61. The topological polar surface area (TPSA) is 115 Å². The van der Waals surface area contributed by atoms with Crippen LogP contribution >= 0.6 is 0 Å². The van der Waals surface area contributed by atoms with Gasteiger partial charge in [-0.1, -0.05) is 18.1 Å². The van der Waals surface area contributed by atoms with E-state index in [-0.39, 0.29) is 11.6 Å². The summed E-state index contributed by atoms with van der Waals surface area (Å²) in [7, 11) is 0. The third-order valence-corrected chi connectivity index (χ3v) is 4.90. The molecule has 1 aliphatic heterocycles. The maximum absolute atomic E-state index is 12.4. The van der Waals surface area contributed by atoms with Crippen LogP contribution in [0.5, 0.6) is 0 Å². The number of aromatic nitrogens is 3. The lowest BCUT2D eigenvalue weighted by molar-refractivity contribution is -0.123. The molecule has 4 N–H and O–H groups in total. The third kappa shape index (κ3) is 3.52. The second-order valence-electron chi connectivity index (χ2n) is 6.65. The number of nitrogens with two attached hydrogens (primary N) is 1. The second-order valence-corrected chi connectivity index (χ2v) is 6.65. The molecule has 1 aliphatic carbocycles. The monoisotopic (exact) mass is 320 g/mol. The molecule has 2 amide bonds. The van der Waals surface area contributed by atoms with Crippen molar-refractivity contribution in [2.75, 3.05) is 13.1 Å². The van der Waals surface area contributed by atoms with Crippen LogP contribution in [0, 0.1) is 5.92 Å². The molecule has 0 bridgehead atoms. The average molecular weight is 320 g/mol. The number of rotatable bonds is 5. The van der Waals surface area contributed by atoms with Crippen LogP contribution in [-0.2, 0) is 11.3 Å². The Morgan fingerprint density at radius 2 is 2.17 bits per heavy atom. The molecule has 8 heteroatoms. The van der Waals surface area contributed by atoms with Crippen molar-refractivity contribution >= 4 is 11.8 Å². The van der Waals surface area contributed by atoms with E-state index >= 15 is 0 Å². The zero-order valence-corrected chi connectivity index (χ0v) is 13.3. The highest BCUT2D eigenvalue weighted by atomic mass is 16.2. The lowest BCUT2D eigenvalue weighted by atomic mass is 9.96. The van der Waals surface area contributed by atoms with Gasteiger partial charge in [0.1, 0.15) is 5.54 Å². The molecular weight excluding hydrogens is 296 g/mol. The predicted octanol–water partition coefficient (Wildman–Crippen LogP) is -0.194. The van der Waals surface area contributed by atoms with Crippen LogP contribution < -0.4 is 16.4 Å². The van der Waals surface area contributed by atoms with Gasteiger partial charge in [-0.2, -0.15) is 0 Å². The van der Waals surface area contributed by atoms with Gasteiger partial charge in [-0.3, -0.25) is 14.3 Å². The first kappa shape index (κ1) is 15.9. The number of hydrogen-bond donors (Lipinski definition) is 3. The fourth-order valence-corrected chi connectivity index (χ4v) is 3.53. The Bertz CT molecular complexity index is 572. The van der Waals surface area contributed by atoms with Gasteiger partial charge in [0.25, 0.3) is 5.91 Å². The second kappa shape index (κ2) is 6.66. The molecule has 1 saturated carbocycles. The smallest absolute Gasteiger partial charge is 0.274 e. The number of piperidine rings is 1. The van der Waals surface area contributed by atoms with Gasteiger partial charge in [-0.05, 0) is 44.7 Å². The van der Waals surface area contributed by atoms with Crippen molar-refractivity contribution in [1.82, 2.24) is 25.6 Å². The van der Waals surface area contributed by atoms with Crippen molar-refractivity contribution < 1.29 is 9.59 Å². The zero-order chi connectivity index (χ0) is 16.3.